The number of carbonyl (C=O) groups is 1. The highest BCUT2D eigenvalue weighted by Crippen LogP contribution is 2.34. The summed E-state index contributed by atoms with van der Waals surface area (Å²) in [7, 11) is 0. The van der Waals surface area contributed by atoms with Gasteiger partial charge in [-0.3, -0.25) is 9.78 Å². The first-order valence-corrected chi connectivity index (χ1v) is 10.5. The van der Waals surface area contributed by atoms with Crippen LogP contribution in [0, 0.1) is 5.41 Å². The van der Waals surface area contributed by atoms with E-state index in [9.17, 15) is 4.79 Å². The molecule has 5 rings (SSSR count). The van der Waals surface area contributed by atoms with Gasteiger partial charge in [0, 0.05) is 36.1 Å². The van der Waals surface area contributed by atoms with E-state index >= 15 is 0 Å². The van der Waals surface area contributed by atoms with E-state index < -0.39 is 0 Å². The fourth-order valence-corrected chi connectivity index (χ4v) is 4.36. The molecule has 1 amide bonds. The van der Waals surface area contributed by atoms with Gasteiger partial charge in [-0.25, -0.2) is 0 Å². The minimum Gasteiger partial charge on any atom is -0.447 e. The Kier molecular flexibility index (Phi) is 4.96. The second-order valence-corrected chi connectivity index (χ2v) is 7.96. The van der Waals surface area contributed by atoms with Gasteiger partial charge in [-0.2, -0.15) is 0 Å². The number of amides is 1. The molecule has 0 bridgehead atoms. The van der Waals surface area contributed by atoms with Crippen LogP contribution in [0.4, 0.5) is 11.4 Å². The topological polar surface area (TPSA) is 94.2 Å². The Balaban J connectivity index is 1.39. The SMILES string of the molecule is N=C1CCc2cc(Nc3c(C(=O)NCCN4CCCC4)oc4cnccc34)ccc21. The summed E-state index contributed by atoms with van der Waals surface area (Å²) in [5, 5.41) is 15.2. The van der Waals surface area contributed by atoms with Crippen molar-refractivity contribution in [1.82, 2.24) is 15.2 Å². The Hall–Kier alpha value is -3.19. The minimum atomic E-state index is -0.226. The Morgan fingerprint density at radius 2 is 2.07 bits per heavy atom. The Morgan fingerprint density at radius 3 is 2.93 bits per heavy atom. The summed E-state index contributed by atoms with van der Waals surface area (Å²) in [5.41, 5.74) is 4.98. The van der Waals surface area contributed by atoms with Crippen molar-refractivity contribution < 1.29 is 9.21 Å². The molecule has 0 atom stereocenters. The minimum absolute atomic E-state index is 0.226. The first-order chi connectivity index (χ1) is 14.7. The molecule has 0 saturated carbocycles. The molecule has 1 aliphatic carbocycles. The van der Waals surface area contributed by atoms with Crippen molar-refractivity contribution in [3.8, 4) is 0 Å². The third-order valence-electron chi connectivity index (χ3n) is 5.96. The number of benzene rings is 1. The summed E-state index contributed by atoms with van der Waals surface area (Å²) < 4.78 is 5.88. The van der Waals surface area contributed by atoms with Gasteiger partial charge in [-0.05, 0) is 68.1 Å². The smallest absolute Gasteiger partial charge is 0.289 e. The van der Waals surface area contributed by atoms with Gasteiger partial charge in [-0.1, -0.05) is 6.07 Å². The van der Waals surface area contributed by atoms with Gasteiger partial charge < -0.3 is 25.4 Å². The fraction of sp³-hybridized carbons (Fsp3) is 0.348. The Morgan fingerprint density at radius 1 is 1.20 bits per heavy atom. The fourth-order valence-electron chi connectivity index (χ4n) is 4.36. The number of likely N-dealkylation sites (tertiary alicyclic amines) is 1. The predicted molar refractivity (Wildman–Crippen MR) is 117 cm³/mol. The van der Waals surface area contributed by atoms with Crippen LogP contribution in [0.5, 0.6) is 0 Å². The zero-order valence-corrected chi connectivity index (χ0v) is 16.8. The molecule has 3 aromatic rings. The summed E-state index contributed by atoms with van der Waals surface area (Å²) in [6.45, 7) is 3.66. The number of anilines is 2. The molecule has 30 heavy (non-hydrogen) atoms. The number of hydrogen-bond acceptors (Lipinski definition) is 6. The number of nitrogens with one attached hydrogen (secondary N) is 3. The number of aromatic nitrogens is 1. The second-order valence-electron chi connectivity index (χ2n) is 7.96. The van der Waals surface area contributed by atoms with Crippen LogP contribution in [0.3, 0.4) is 0 Å². The van der Waals surface area contributed by atoms with Crippen LogP contribution >= 0.6 is 0 Å². The van der Waals surface area contributed by atoms with Crippen LogP contribution in [-0.4, -0.2) is 47.7 Å². The number of aryl methyl sites for hydroxylation is 1. The molecule has 1 aromatic carbocycles. The Labute approximate surface area is 175 Å². The number of fused-ring (bicyclic) bond motifs is 2. The number of rotatable bonds is 6. The molecular weight excluding hydrogens is 378 g/mol. The molecule has 2 aromatic heterocycles. The lowest BCUT2D eigenvalue weighted by molar-refractivity contribution is 0.0925. The summed E-state index contributed by atoms with van der Waals surface area (Å²) >= 11 is 0. The van der Waals surface area contributed by atoms with Crippen LogP contribution < -0.4 is 10.6 Å². The van der Waals surface area contributed by atoms with Crippen LogP contribution in [0.25, 0.3) is 11.0 Å². The van der Waals surface area contributed by atoms with Gasteiger partial charge in [0.25, 0.3) is 5.91 Å². The molecule has 1 fully saturated rings. The monoisotopic (exact) mass is 403 g/mol. The van der Waals surface area contributed by atoms with Crippen LogP contribution in [0.2, 0.25) is 0 Å². The van der Waals surface area contributed by atoms with Gasteiger partial charge in [0.2, 0.25) is 5.76 Å². The first kappa shape index (κ1) is 18.8. The molecule has 2 aliphatic rings. The lowest BCUT2D eigenvalue weighted by atomic mass is 10.1. The van der Waals surface area contributed by atoms with Gasteiger partial charge in [0.1, 0.15) is 0 Å². The van der Waals surface area contributed by atoms with Crippen LogP contribution in [0.15, 0.2) is 41.1 Å². The lowest BCUT2D eigenvalue weighted by Gasteiger charge is -2.14. The number of pyridine rings is 1. The number of hydrogen-bond donors (Lipinski definition) is 3. The maximum absolute atomic E-state index is 12.9. The third-order valence-corrected chi connectivity index (χ3v) is 5.96. The molecule has 7 heteroatoms. The quantitative estimate of drug-likeness (QED) is 0.583. The summed E-state index contributed by atoms with van der Waals surface area (Å²) in [5.74, 6) is 0.0449. The van der Waals surface area contributed by atoms with Crippen molar-refractivity contribution >= 4 is 34.0 Å². The average Bonchev–Trinajstić information content (AvgIpc) is 3.48. The number of furan rings is 1. The predicted octanol–water partition coefficient (Wildman–Crippen LogP) is 3.71. The maximum Gasteiger partial charge on any atom is 0.289 e. The zero-order valence-electron chi connectivity index (χ0n) is 16.8. The molecule has 3 heterocycles. The molecule has 0 unspecified atom stereocenters. The van der Waals surface area contributed by atoms with E-state index in [1.54, 1.807) is 12.4 Å². The summed E-state index contributed by atoms with van der Waals surface area (Å²) in [4.78, 5) is 19.4. The molecular formula is C23H25N5O2. The highest BCUT2D eigenvalue weighted by molar-refractivity contribution is 6.07. The van der Waals surface area contributed by atoms with Gasteiger partial charge in [0.15, 0.2) is 5.58 Å². The van der Waals surface area contributed by atoms with Gasteiger partial charge in [-0.15, -0.1) is 0 Å². The van der Waals surface area contributed by atoms with E-state index in [0.717, 1.165) is 54.7 Å². The van der Waals surface area contributed by atoms with E-state index in [0.29, 0.717) is 23.5 Å². The van der Waals surface area contributed by atoms with Crippen molar-refractivity contribution in [3.05, 3.63) is 53.5 Å². The molecule has 1 saturated heterocycles. The van der Waals surface area contributed by atoms with Gasteiger partial charge in [0.05, 0.1) is 11.9 Å². The lowest BCUT2D eigenvalue weighted by Crippen LogP contribution is -2.33. The van der Waals surface area contributed by atoms with E-state index in [4.69, 9.17) is 9.83 Å². The van der Waals surface area contributed by atoms with E-state index in [1.165, 1.54) is 12.8 Å². The van der Waals surface area contributed by atoms with Crippen LogP contribution in [0.1, 0.15) is 40.9 Å². The van der Waals surface area contributed by atoms with Crippen molar-refractivity contribution in [2.45, 2.75) is 25.7 Å². The second kappa shape index (κ2) is 7.91. The Bertz CT molecular complexity index is 1110. The molecule has 154 valence electrons. The van der Waals surface area contributed by atoms with E-state index in [2.05, 4.69) is 26.6 Å². The third kappa shape index (κ3) is 3.57. The van der Waals surface area contributed by atoms with E-state index in [1.807, 2.05) is 18.2 Å². The van der Waals surface area contributed by atoms with Crippen molar-refractivity contribution in [2.75, 3.05) is 31.5 Å². The standard InChI is InChI=1S/C23H25N5O2/c24-19-6-3-15-13-16(4-5-17(15)19)27-21-18-7-8-25-14-20(18)30-22(21)23(29)26-9-12-28-10-1-2-11-28/h4-5,7-8,13-14,24,27H,1-3,6,9-12H2,(H,26,29). The summed E-state index contributed by atoms with van der Waals surface area (Å²) in [6.07, 6.45) is 7.46. The zero-order chi connectivity index (χ0) is 20.5. The highest BCUT2D eigenvalue weighted by atomic mass is 16.3. The number of carbonyl (C=O) groups excluding carboxylic acids is 1. The number of nitrogens with zero attached hydrogens (tertiary/aromatic N) is 2. The molecule has 0 radical (unpaired) electrons. The molecule has 7 nitrogen and oxygen atoms in total. The molecule has 1 aliphatic heterocycles. The summed E-state index contributed by atoms with van der Waals surface area (Å²) in [6, 6.07) is 7.84. The average molecular weight is 403 g/mol. The van der Waals surface area contributed by atoms with Crippen molar-refractivity contribution in [1.29, 1.82) is 5.41 Å². The first-order valence-electron chi connectivity index (χ1n) is 10.5. The van der Waals surface area contributed by atoms with Crippen molar-refractivity contribution in [3.63, 3.8) is 0 Å². The van der Waals surface area contributed by atoms with Crippen LogP contribution in [-0.2, 0) is 6.42 Å². The highest BCUT2D eigenvalue weighted by Gasteiger charge is 2.22. The normalized spacial score (nSPS) is 16.2. The molecule has 3 N–H and O–H groups in total. The van der Waals surface area contributed by atoms with E-state index in [-0.39, 0.29) is 11.7 Å². The molecule has 0 spiro atoms. The maximum atomic E-state index is 12.9. The largest absolute Gasteiger partial charge is 0.447 e. The van der Waals surface area contributed by atoms with Gasteiger partial charge >= 0.3 is 0 Å². The van der Waals surface area contributed by atoms with Crippen molar-refractivity contribution in [2.24, 2.45) is 0 Å².